The monoisotopic (exact) mass is 415 g/mol. The maximum absolute atomic E-state index is 12.9. The first-order chi connectivity index (χ1) is 13.8. The van der Waals surface area contributed by atoms with E-state index in [1.165, 1.54) is 13.1 Å². The van der Waals surface area contributed by atoms with E-state index in [4.69, 9.17) is 0 Å². The predicted octanol–water partition coefficient (Wildman–Crippen LogP) is 2.78. The van der Waals surface area contributed by atoms with Crippen LogP contribution in [0.3, 0.4) is 0 Å². The molecule has 1 heterocycles. The van der Waals surface area contributed by atoms with Gasteiger partial charge in [-0.2, -0.15) is 4.31 Å². The van der Waals surface area contributed by atoms with Gasteiger partial charge >= 0.3 is 0 Å². The molecule has 1 aliphatic rings. The summed E-state index contributed by atoms with van der Waals surface area (Å²) < 4.78 is 26.9. The van der Waals surface area contributed by atoms with Gasteiger partial charge < -0.3 is 10.6 Å². The molecule has 0 fully saturated rings. The van der Waals surface area contributed by atoms with Crippen molar-refractivity contribution in [3.8, 4) is 0 Å². The molecule has 2 aromatic carbocycles. The zero-order valence-electron chi connectivity index (χ0n) is 16.6. The van der Waals surface area contributed by atoms with Crippen molar-refractivity contribution in [1.29, 1.82) is 0 Å². The van der Waals surface area contributed by atoms with E-state index in [-0.39, 0.29) is 17.3 Å². The molecule has 2 aromatic rings. The number of benzene rings is 2. The smallest absolute Gasteiger partial charge is 0.243 e. The molecule has 29 heavy (non-hydrogen) atoms. The van der Waals surface area contributed by atoms with Gasteiger partial charge in [0, 0.05) is 24.8 Å². The molecule has 0 spiro atoms. The van der Waals surface area contributed by atoms with Crippen molar-refractivity contribution in [2.45, 2.75) is 37.5 Å². The molecule has 154 valence electrons. The second kappa shape index (κ2) is 8.75. The Morgan fingerprint density at radius 2 is 1.93 bits per heavy atom. The Morgan fingerprint density at radius 1 is 1.17 bits per heavy atom. The second-order valence-corrected chi connectivity index (χ2v) is 9.09. The quantitative estimate of drug-likeness (QED) is 0.758. The van der Waals surface area contributed by atoms with Gasteiger partial charge in [-0.05, 0) is 54.7 Å². The highest BCUT2D eigenvalue weighted by atomic mass is 32.2. The van der Waals surface area contributed by atoms with Gasteiger partial charge in [-0.15, -0.1) is 0 Å². The summed E-state index contributed by atoms with van der Waals surface area (Å²) in [6.07, 6.45) is 2.46. The third-order valence-electron chi connectivity index (χ3n) is 4.95. The molecule has 3 rings (SSSR count). The van der Waals surface area contributed by atoms with Crippen molar-refractivity contribution in [3.63, 3.8) is 0 Å². The Bertz CT molecular complexity index is 1030. The minimum Gasteiger partial charge on any atom is -0.326 e. The van der Waals surface area contributed by atoms with Crippen molar-refractivity contribution in [1.82, 2.24) is 4.31 Å². The zero-order valence-corrected chi connectivity index (χ0v) is 17.4. The van der Waals surface area contributed by atoms with Gasteiger partial charge in [0.25, 0.3) is 0 Å². The second-order valence-electron chi connectivity index (χ2n) is 7.04. The number of rotatable bonds is 6. The van der Waals surface area contributed by atoms with Crippen LogP contribution in [0.5, 0.6) is 0 Å². The van der Waals surface area contributed by atoms with Crippen molar-refractivity contribution in [2.75, 3.05) is 24.2 Å². The molecular formula is C21H25N3O4S. The van der Waals surface area contributed by atoms with Crippen molar-refractivity contribution >= 4 is 33.2 Å². The molecule has 7 nitrogen and oxygen atoms in total. The van der Waals surface area contributed by atoms with Gasteiger partial charge in [-0.25, -0.2) is 8.42 Å². The highest BCUT2D eigenvalue weighted by molar-refractivity contribution is 7.89. The van der Waals surface area contributed by atoms with E-state index in [1.807, 2.05) is 25.1 Å². The Kier molecular flexibility index (Phi) is 6.34. The number of hydrogen-bond acceptors (Lipinski definition) is 4. The molecule has 8 heteroatoms. The molecule has 0 saturated carbocycles. The van der Waals surface area contributed by atoms with Crippen LogP contribution in [-0.4, -0.2) is 38.1 Å². The largest absolute Gasteiger partial charge is 0.326 e. The standard InChI is InChI=1S/C21H25N3O4S/c1-3-15-7-4-5-9-18(15)23-21(26)14-24(2)29(27,28)17-11-12-19-16(13-17)8-6-10-20(25)22-19/h4-5,7,9,11-13H,3,6,8,10,14H2,1-2H3,(H,22,25)(H,23,26). The molecule has 2 N–H and O–H groups in total. The lowest BCUT2D eigenvalue weighted by atomic mass is 10.1. The Balaban J connectivity index is 1.74. The number of anilines is 2. The van der Waals surface area contributed by atoms with E-state index in [1.54, 1.807) is 18.2 Å². The van der Waals surface area contributed by atoms with Crippen LogP contribution in [-0.2, 0) is 32.5 Å². The number of para-hydroxylation sites is 1. The SMILES string of the molecule is CCc1ccccc1NC(=O)CN(C)S(=O)(=O)c1ccc2c(c1)CCCC(=O)N2. The van der Waals surface area contributed by atoms with E-state index in [2.05, 4.69) is 10.6 Å². The van der Waals surface area contributed by atoms with Crippen LogP contribution < -0.4 is 10.6 Å². The summed E-state index contributed by atoms with van der Waals surface area (Å²) in [4.78, 5) is 24.2. The first-order valence-electron chi connectivity index (χ1n) is 9.58. The number of amides is 2. The number of sulfonamides is 1. The highest BCUT2D eigenvalue weighted by Gasteiger charge is 2.25. The fourth-order valence-electron chi connectivity index (χ4n) is 3.32. The van der Waals surface area contributed by atoms with E-state index in [0.29, 0.717) is 30.6 Å². The third kappa shape index (κ3) is 4.83. The fourth-order valence-corrected chi connectivity index (χ4v) is 4.50. The maximum atomic E-state index is 12.9. The molecule has 1 aliphatic heterocycles. The summed E-state index contributed by atoms with van der Waals surface area (Å²) in [6.45, 7) is 1.69. The number of nitrogens with zero attached hydrogens (tertiary/aromatic N) is 1. The normalized spacial score (nSPS) is 14.1. The lowest BCUT2D eigenvalue weighted by Crippen LogP contribution is -2.35. The minimum absolute atomic E-state index is 0.0690. The summed E-state index contributed by atoms with van der Waals surface area (Å²) in [7, 11) is -2.46. The van der Waals surface area contributed by atoms with Crippen LogP contribution in [0.2, 0.25) is 0 Å². The first-order valence-corrected chi connectivity index (χ1v) is 11.0. The summed E-state index contributed by atoms with van der Waals surface area (Å²) in [5, 5.41) is 5.58. The van der Waals surface area contributed by atoms with Crippen LogP contribution in [0, 0.1) is 0 Å². The number of likely N-dealkylation sites (N-methyl/N-ethyl adjacent to an activating group) is 1. The van der Waals surface area contributed by atoms with Crippen LogP contribution in [0.15, 0.2) is 47.4 Å². The van der Waals surface area contributed by atoms with Crippen molar-refractivity contribution in [2.24, 2.45) is 0 Å². The molecule has 0 radical (unpaired) electrons. The molecule has 0 saturated heterocycles. The van der Waals surface area contributed by atoms with E-state index in [0.717, 1.165) is 21.9 Å². The number of hydrogen-bond donors (Lipinski definition) is 2. The molecular weight excluding hydrogens is 390 g/mol. The summed E-state index contributed by atoms with van der Waals surface area (Å²) in [5.74, 6) is -0.473. The van der Waals surface area contributed by atoms with E-state index < -0.39 is 15.9 Å². The number of aryl methyl sites for hydroxylation is 2. The van der Waals surface area contributed by atoms with Gasteiger partial charge in [0.1, 0.15) is 0 Å². The van der Waals surface area contributed by atoms with Gasteiger partial charge in [-0.1, -0.05) is 25.1 Å². The first kappa shape index (κ1) is 21.0. The van der Waals surface area contributed by atoms with Gasteiger partial charge in [-0.3, -0.25) is 9.59 Å². The fraction of sp³-hybridized carbons (Fsp3) is 0.333. The van der Waals surface area contributed by atoms with Crippen LogP contribution in [0.4, 0.5) is 11.4 Å². The lowest BCUT2D eigenvalue weighted by molar-refractivity contribution is -0.117. The Labute approximate surface area is 171 Å². The average Bonchev–Trinajstić information content (AvgIpc) is 2.88. The minimum atomic E-state index is -3.84. The van der Waals surface area contributed by atoms with Gasteiger partial charge in [0.05, 0.1) is 11.4 Å². The highest BCUT2D eigenvalue weighted by Crippen LogP contribution is 2.26. The summed E-state index contributed by atoms with van der Waals surface area (Å²) >= 11 is 0. The Hall–Kier alpha value is -2.71. The number of nitrogens with one attached hydrogen (secondary N) is 2. The van der Waals surface area contributed by atoms with Crippen molar-refractivity contribution in [3.05, 3.63) is 53.6 Å². The van der Waals surface area contributed by atoms with Crippen LogP contribution in [0.1, 0.15) is 30.9 Å². The van der Waals surface area contributed by atoms with E-state index >= 15 is 0 Å². The predicted molar refractivity (Wildman–Crippen MR) is 112 cm³/mol. The van der Waals surface area contributed by atoms with E-state index in [9.17, 15) is 18.0 Å². The molecule has 0 bridgehead atoms. The summed E-state index contributed by atoms with van der Waals surface area (Å²) in [6, 6.07) is 12.1. The number of carbonyl (C=O) groups excluding carboxylic acids is 2. The number of fused-ring (bicyclic) bond motifs is 1. The van der Waals surface area contributed by atoms with Crippen LogP contribution in [0.25, 0.3) is 0 Å². The van der Waals surface area contributed by atoms with Gasteiger partial charge in [0.2, 0.25) is 21.8 Å². The topological polar surface area (TPSA) is 95.6 Å². The van der Waals surface area contributed by atoms with Crippen LogP contribution >= 0.6 is 0 Å². The van der Waals surface area contributed by atoms with Crippen molar-refractivity contribution < 1.29 is 18.0 Å². The molecule has 0 aromatic heterocycles. The molecule has 0 unspecified atom stereocenters. The average molecular weight is 416 g/mol. The zero-order chi connectivity index (χ0) is 21.0. The maximum Gasteiger partial charge on any atom is 0.243 e. The van der Waals surface area contributed by atoms with Gasteiger partial charge in [0.15, 0.2) is 0 Å². The Morgan fingerprint density at radius 3 is 2.69 bits per heavy atom. The molecule has 0 atom stereocenters. The molecule has 2 amide bonds. The third-order valence-corrected chi connectivity index (χ3v) is 6.75. The lowest BCUT2D eigenvalue weighted by Gasteiger charge is -2.18. The molecule has 0 aliphatic carbocycles. The summed E-state index contributed by atoms with van der Waals surface area (Å²) in [5.41, 5.74) is 3.10. The number of carbonyl (C=O) groups is 2.